The van der Waals surface area contributed by atoms with Crippen LogP contribution in [0.1, 0.15) is 37.8 Å². The lowest BCUT2D eigenvalue weighted by Crippen LogP contribution is -2.36. The van der Waals surface area contributed by atoms with Crippen LogP contribution in [0.4, 0.5) is 0 Å². The average molecular weight is 233 g/mol. The predicted octanol–water partition coefficient (Wildman–Crippen LogP) is 2.43. The average Bonchev–Trinajstić information content (AvgIpc) is 2.90. The third-order valence-electron chi connectivity index (χ3n) is 3.15. The Bertz CT molecular complexity index is 358. The number of benzene rings is 1. The van der Waals surface area contributed by atoms with Crippen molar-refractivity contribution in [3.05, 3.63) is 35.9 Å². The van der Waals surface area contributed by atoms with E-state index in [-0.39, 0.29) is 18.1 Å². The van der Waals surface area contributed by atoms with Crippen LogP contribution in [0.2, 0.25) is 0 Å². The maximum Gasteiger partial charge on any atom is 0.249 e. The van der Waals surface area contributed by atoms with E-state index >= 15 is 0 Å². The van der Waals surface area contributed by atoms with Gasteiger partial charge in [-0.05, 0) is 24.8 Å². The number of hydrogen-bond acceptors (Lipinski definition) is 2. The molecule has 1 amide bonds. The SMILES string of the molecule is CC[C@@H](NC(=O)[C@@H]1CCCO1)c1ccccc1. The fourth-order valence-electron chi connectivity index (χ4n) is 2.16. The van der Waals surface area contributed by atoms with Crippen LogP contribution in [-0.2, 0) is 9.53 Å². The van der Waals surface area contributed by atoms with Gasteiger partial charge in [-0.25, -0.2) is 0 Å². The Hall–Kier alpha value is -1.35. The maximum absolute atomic E-state index is 12.0. The Balaban J connectivity index is 1.97. The zero-order valence-electron chi connectivity index (χ0n) is 10.2. The molecule has 0 unspecified atom stereocenters. The van der Waals surface area contributed by atoms with E-state index in [1.54, 1.807) is 0 Å². The van der Waals surface area contributed by atoms with Crippen LogP contribution < -0.4 is 5.32 Å². The van der Waals surface area contributed by atoms with Crippen LogP contribution in [0, 0.1) is 0 Å². The largest absolute Gasteiger partial charge is 0.368 e. The van der Waals surface area contributed by atoms with Crippen molar-refractivity contribution in [2.75, 3.05) is 6.61 Å². The second-order valence-electron chi connectivity index (χ2n) is 4.38. The summed E-state index contributed by atoms with van der Waals surface area (Å²) in [5.41, 5.74) is 1.15. The maximum atomic E-state index is 12.0. The van der Waals surface area contributed by atoms with Crippen LogP contribution in [0.25, 0.3) is 0 Å². The topological polar surface area (TPSA) is 38.3 Å². The molecule has 0 radical (unpaired) electrons. The molecule has 0 aliphatic carbocycles. The molecule has 0 aromatic heterocycles. The lowest BCUT2D eigenvalue weighted by atomic mass is 10.0. The van der Waals surface area contributed by atoms with Crippen LogP contribution in [-0.4, -0.2) is 18.6 Å². The van der Waals surface area contributed by atoms with Crippen molar-refractivity contribution in [3.63, 3.8) is 0 Å². The van der Waals surface area contributed by atoms with Crippen molar-refractivity contribution in [1.29, 1.82) is 0 Å². The van der Waals surface area contributed by atoms with Gasteiger partial charge in [0, 0.05) is 6.61 Å². The number of ether oxygens (including phenoxy) is 1. The van der Waals surface area contributed by atoms with E-state index < -0.39 is 0 Å². The number of amides is 1. The first-order valence-corrected chi connectivity index (χ1v) is 6.28. The van der Waals surface area contributed by atoms with Gasteiger partial charge in [-0.15, -0.1) is 0 Å². The third-order valence-corrected chi connectivity index (χ3v) is 3.15. The molecule has 92 valence electrons. The van der Waals surface area contributed by atoms with E-state index in [1.807, 2.05) is 30.3 Å². The molecule has 1 heterocycles. The summed E-state index contributed by atoms with van der Waals surface area (Å²) in [6, 6.07) is 10.2. The van der Waals surface area contributed by atoms with Gasteiger partial charge in [-0.2, -0.15) is 0 Å². The molecule has 1 fully saturated rings. The Kier molecular flexibility index (Phi) is 4.15. The zero-order chi connectivity index (χ0) is 12.1. The molecule has 2 atom stereocenters. The Morgan fingerprint density at radius 1 is 1.47 bits per heavy atom. The highest BCUT2D eigenvalue weighted by atomic mass is 16.5. The number of rotatable bonds is 4. The molecule has 1 N–H and O–H groups in total. The van der Waals surface area contributed by atoms with Crippen molar-refractivity contribution in [2.45, 2.75) is 38.3 Å². The van der Waals surface area contributed by atoms with E-state index in [1.165, 1.54) is 0 Å². The van der Waals surface area contributed by atoms with Crippen molar-refractivity contribution < 1.29 is 9.53 Å². The third kappa shape index (κ3) is 3.07. The highest BCUT2D eigenvalue weighted by Gasteiger charge is 2.25. The van der Waals surface area contributed by atoms with Gasteiger partial charge in [0.05, 0.1) is 6.04 Å². The van der Waals surface area contributed by atoms with E-state index in [2.05, 4.69) is 12.2 Å². The van der Waals surface area contributed by atoms with E-state index in [9.17, 15) is 4.79 Å². The summed E-state index contributed by atoms with van der Waals surface area (Å²) in [5.74, 6) is 0.0261. The lowest BCUT2D eigenvalue weighted by Gasteiger charge is -2.19. The number of hydrogen-bond donors (Lipinski definition) is 1. The van der Waals surface area contributed by atoms with Gasteiger partial charge < -0.3 is 10.1 Å². The number of nitrogens with one attached hydrogen (secondary N) is 1. The van der Waals surface area contributed by atoms with E-state index in [4.69, 9.17) is 4.74 Å². The predicted molar refractivity (Wildman–Crippen MR) is 66.6 cm³/mol. The fraction of sp³-hybridized carbons (Fsp3) is 0.500. The fourth-order valence-corrected chi connectivity index (χ4v) is 2.16. The first kappa shape index (κ1) is 12.1. The molecule has 1 aromatic rings. The summed E-state index contributed by atoms with van der Waals surface area (Å²) in [6.07, 6.45) is 2.48. The van der Waals surface area contributed by atoms with E-state index in [0.29, 0.717) is 6.61 Å². The molecule has 2 rings (SSSR count). The highest BCUT2D eigenvalue weighted by Crippen LogP contribution is 2.18. The van der Waals surface area contributed by atoms with Crippen LogP contribution in [0.15, 0.2) is 30.3 Å². The lowest BCUT2D eigenvalue weighted by molar-refractivity contribution is -0.130. The van der Waals surface area contributed by atoms with Gasteiger partial charge in [-0.3, -0.25) is 4.79 Å². The minimum atomic E-state index is -0.243. The first-order chi connectivity index (χ1) is 8.31. The first-order valence-electron chi connectivity index (χ1n) is 6.28. The van der Waals surface area contributed by atoms with Gasteiger partial charge in [0.15, 0.2) is 0 Å². The highest BCUT2D eigenvalue weighted by molar-refractivity contribution is 5.81. The molecular formula is C14H19NO2. The molecule has 1 aromatic carbocycles. The molecular weight excluding hydrogens is 214 g/mol. The quantitative estimate of drug-likeness (QED) is 0.867. The minimum absolute atomic E-state index is 0.0261. The van der Waals surface area contributed by atoms with E-state index in [0.717, 1.165) is 24.8 Å². The Morgan fingerprint density at radius 3 is 2.82 bits per heavy atom. The zero-order valence-corrected chi connectivity index (χ0v) is 10.2. The van der Waals surface area contributed by atoms with Crippen molar-refractivity contribution in [1.82, 2.24) is 5.32 Å². The molecule has 0 spiro atoms. The summed E-state index contributed by atoms with van der Waals surface area (Å²) in [6.45, 7) is 2.79. The molecule has 3 heteroatoms. The second-order valence-corrected chi connectivity index (χ2v) is 4.38. The summed E-state index contributed by atoms with van der Waals surface area (Å²) >= 11 is 0. The van der Waals surface area contributed by atoms with Crippen molar-refractivity contribution in [2.24, 2.45) is 0 Å². The second kappa shape index (κ2) is 5.82. The molecule has 0 saturated carbocycles. The van der Waals surface area contributed by atoms with Gasteiger partial charge in [-0.1, -0.05) is 37.3 Å². The summed E-state index contributed by atoms with van der Waals surface area (Å²) in [7, 11) is 0. The Labute approximate surface area is 102 Å². The molecule has 17 heavy (non-hydrogen) atoms. The summed E-state index contributed by atoms with van der Waals surface area (Å²) in [4.78, 5) is 12.0. The van der Waals surface area contributed by atoms with Crippen LogP contribution >= 0.6 is 0 Å². The van der Waals surface area contributed by atoms with Gasteiger partial charge in [0.25, 0.3) is 0 Å². The van der Waals surface area contributed by atoms with Crippen molar-refractivity contribution >= 4 is 5.91 Å². The van der Waals surface area contributed by atoms with Gasteiger partial charge in [0.1, 0.15) is 6.10 Å². The van der Waals surface area contributed by atoms with Gasteiger partial charge in [0.2, 0.25) is 5.91 Å². The Morgan fingerprint density at radius 2 is 2.24 bits per heavy atom. The standard InChI is InChI=1S/C14H19NO2/c1-2-12(11-7-4-3-5-8-11)15-14(16)13-9-6-10-17-13/h3-5,7-8,12-13H,2,6,9-10H2,1H3,(H,15,16)/t12-,13+/m1/s1. The van der Waals surface area contributed by atoms with Crippen LogP contribution in [0.5, 0.6) is 0 Å². The van der Waals surface area contributed by atoms with Gasteiger partial charge >= 0.3 is 0 Å². The molecule has 1 saturated heterocycles. The number of carbonyl (C=O) groups excluding carboxylic acids is 1. The molecule has 3 nitrogen and oxygen atoms in total. The minimum Gasteiger partial charge on any atom is -0.368 e. The normalized spacial score (nSPS) is 21.1. The summed E-state index contributed by atoms with van der Waals surface area (Å²) < 4.78 is 5.38. The van der Waals surface area contributed by atoms with Crippen LogP contribution in [0.3, 0.4) is 0 Å². The summed E-state index contributed by atoms with van der Waals surface area (Å²) in [5, 5.41) is 3.06. The van der Waals surface area contributed by atoms with Crippen molar-refractivity contribution in [3.8, 4) is 0 Å². The number of carbonyl (C=O) groups is 1. The molecule has 1 aliphatic heterocycles. The smallest absolute Gasteiger partial charge is 0.249 e. The monoisotopic (exact) mass is 233 g/mol. The molecule has 1 aliphatic rings. The molecule has 0 bridgehead atoms.